The van der Waals surface area contributed by atoms with E-state index in [9.17, 15) is 4.79 Å². The molecule has 0 bridgehead atoms. The fourth-order valence-electron chi connectivity index (χ4n) is 1.51. The van der Waals surface area contributed by atoms with E-state index in [1.807, 2.05) is 6.92 Å². The van der Waals surface area contributed by atoms with Gasteiger partial charge in [-0.1, -0.05) is 52.4 Å². The van der Waals surface area contributed by atoms with Crippen LogP contribution in [0.3, 0.4) is 0 Å². The van der Waals surface area contributed by atoms with Gasteiger partial charge < -0.3 is 4.74 Å². The number of unbranched alkanes of at least 4 members (excludes halogenated alkanes) is 6. The first-order chi connectivity index (χ1) is 7.70. The average Bonchev–Trinajstić information content (AvgIpc) is 2.27. The molecule has 0 spiro atoms. The first kappa shape index (κ1) is 16.0. The van der Waals surface area contributed by atoms with Gasteiger partial charge in [0, 0.05) is 6.42 Å². The molecular weight excluding hydrogens is 268 g/mol. The summed E-state index contributed by atoms with van der Waals surface area (Å²) in [6.07, 6.45) is 10.0. The highest BCUT2D eigenvalue weighted by molar-refractivity contribution is 9.09. The quantitative estimate of drug-likeness (QED) is 0.328. The molecule has 2 nitrogen and oxygen atoms in total. The van der Waals surface area contributed by atoms with Crippen LogP contribution in [0, 0.1) is 0 Å². The second kappa shape index (κ2) is 11.4. The summed E-state index contributed by atoms with van der Waals surface area (Å²) < 4.78 is 5.12. The highest BCUT2D eigenvalue weighted by atomic mass is 79.9. The summed E-state index contributed by atoms with van der Waals surface area (Å²) in [5.41, 5.74) is 0. The van der Waals surface area contributed by atoms with Crippen molar-refractivity contribution in [1.29, 1.82) is 0 Å². The summed E-state index contributed by atoms with van der Waals surface area (Å²) in [6.45, 7) is 4.21. The number of esters is 1. The molecule has 0 radical (unpaired) electrons. The van der Waals surface area contributed by atoms with E-state index in [2.05, 4.69) is 22.9 Å². The number of rotatable bonds is 10. The molecule has 0 aromatic heterocycles. The lowest BCUT2D eigenvalue weighted by atomic mass is 10.1. The number of ether oxygens (including phenoxy) is 1. The molecule has 1 unspecified atom stereocenters. The molecule has 0 saturated heterocycles. The van der Waals surface area contributed by atoms with Crippen LogP contribution in [-0.4, -0.2) is 11.0 Å². The van der Waals surface area contributed by atoms with E-state index >= 15 is 0 Å². The van der Waals surface area contributed by atoms with Crippen LogP contribution in [0.1, 0.15) is 71.6 Å². The van der Waals surface area contributed by atoms with Crippen molar-refractivity contribution in [2.75, 3.05) is 0 Å². The Morgan fingerprint density at radius 1 is 1.06 bits per heavy atom. The van der Waals surface area contributed by atoms with E-state index < -0.39 is 0 Å². The summed E-state index contributed by atoms with van der Waals surface area (Å²) >= 11 is 3.29. The van der Waals surface area contributed by atoms with E-state index in [-0.39, 0.29) is 11.0 Å². The molecular formula is C13H25BrO2. The normalized spacial score (nSPS) is 12.4. The fourth-order valence-corrected chi connectivity index (χ4v) is 1.72. The molecule has 0 N–H and O–H groups in total. The zero-order chi connectivity index (χ0) is 12.2. The van der Waals surface area contributed by atoms with Gasteiger partial charge in [0.2, 0.25) is 0 Å². The van der Waals surface area contributed by atoms with Gasteiger partial charge in [0.05, 0.1) is 0 Å². The zero-order valence-electron chi connectivity index (χ0n) is 10.6. The Morgan fingerprint density at radius 2 is 1.62 bits per heavy atom. The number of hydrogen-bond donors (Lipinski definition) is 0. The Morgan fingerprint density at radius 3 is 2.19 bits per heavy atom. The van der Waals surface area contributed by atoms with Crippen molar-refractivity contribution in [2.45, 2.75) is 76.6 Å². The standard InChI is InChI=1S/C13H25BrO2/c1-3-5-6-7-8-9-10-11-13(15)16-12(14)4-2/h12H,3-11H2,1-2H3. The van der Waals surface area contributed by atoms with Gasteiger partial charge in [-0.05, 0) is 28.8 Å². The number of carbonyl (C=O) groups excluding carboxylic acids is 1. The number of carbonyl (C=O) groups is 1. The predicted octanol–water partition coefficient (Wildman–Crippen LogP) is 4.80. The third kappa shape index (κ3) is 10.5. The van der Waals surface area contributed by atoms with Gasteiger partial charge in [0.15, 0.2) is 5.01 Å². The zero-order valence-corrected chi connectivity index (χ0v) is 12.2. The first-order valence-electron chi connectivity index (χ1n) is 6.54. The predicted molar refractivity (Wildman–Crippen MR) is 71.7 cm³/mol. The molecule has 0 heterocycles. The molecule has 0 amide bonds. The second-order valence-electron chi connectivity index (χ2n) is 4.18. The largest absolute Gasteiger partial charge is 0.451 e. The molecule has 0 aromatic rings. The molecule has 0 saturated carbocycles. The average molecular weight is 293 g/mol. The van der Waals surface area contributed by atoms with Crippen molar-refractivity contribution in [3.63, 3.8) is 0 Å². The number of hydrogen-bond acceptors (Lipinski definition) is 2. The van der Waals surface area contributed by atoms with Crippen LogP contribution in [-0.2, 0) is 9.53 Å². The van der Waals surface area contributed by atoms with E-state index in [1.54, 1.807) is 0 Å². The third-order valence-electron chi connectivity index (χ3n) is 2.56. The maximum Gasteiger partial charge on any atom is 0.306 e. The first-order valence-corrected chi connectivity index (χ1v) is 7.45. The summed E-state index contributed by atoms with van der Waals surface area (Å²) in [7, 11) is 0. The summed E-state index contributed by atoms with van der Waals surface area (Å²) in [5.74, 6) is -0.0720. The van der Waals surface area contributed by atoms with Gasteiger partial charge in [-0.25, -0.2) is 0 Å². The summed E-state index contributed by atoms with van der Waals surface area (Å²) in [5, 5.41) is -0.107. The minimum Gasteiger partial charge on any atom is -0.451 e. The Bertz CT molecular complexity index is 171. The maximum atomic E-state index is 11.3. The fraction of sp³-hybridized carbons (Fsp3) is 0.923. The van der Waals surface area contributed by atoms with E-state index in [4.69, 9.17) is 4.74 Å². The summed E-state index contributed by atoms with van der Waals surface area (Å²) in [6, 6.07) is 0. The molecule has 0 rings (SSSR count). The van der Waals surface area contributed by atoms with Gasteiger partial charge in [-0.2, -0.15) is 0 Å². The molecule has 1 atom stereocenters. The van der Waals surface area contributed by atoms with Crippen LogP contribution in [0.2, 0.25) is 0 Å². The Labute approximate surface area is 108 Å². The van der Waals surface area contributed by atoms with E-state index in [0.717, 1.165) is 19.3 Å². The molecule has 16 heavy (non-hydrogen) atoms. The number of alkyl halides is 1. The lowest BCUT2D eigenvalue weighted by Gasteiger charge is -2.08. The van der Waals surface area contributed by atoms with E-state index in [1.165, 1.54) is 32.1 Å². The highest BCUT2D eigenvalue weighted by Crippen LogP contribution is 2.11. The van der Waals surface area contributed by atoms with Crippen LogP contribution < -0.4 is 0 Å². The van der Waals surface area contributed by atoms with Gasteiger partial charge in [-0.15, -0.1) is 0 Å². The maximum absolute atomic E-state index is 11.3. The Kier molecular flexibility index (Phi) is 11.4. The second-order valence-corrected chi connectivity index (χ2v) is 5.20. The molecule has 96 valence electrons. The van der Waals surface area contributed by atoms with Gasteiger partial charge in [0.25, 0.3) is 0 Å². The van der Waals surface area contributed by atoms with Crippen molar-refractivity contribution in [3.8, 4) is 0 Å². The van der Waals surface area contributed by atoms with E-state index in [0.29, 0.717) is 6.42 Å². The highest BCUT2D eigenvalue weighted by Gasteiger charge is 2.07. The lowest BCUT2D eigenvalue weighted by Crippen LogP contribution is -2.10. The Hall–Kier alpha value is -0.0500. The van der Waals surface area contributed by atoms with Gasteiger partial charge in [0.1, 0.15) is 0 Å². The molecule has 0 aromatic carbocycles. The van der Waals surface area contributed by atoms with Crippen LogP contribution >= 0.6 is 15.9 Å². The van der Waals surface area contributed by atoms with Crippen LogP contribution in [0.25, 0.3) is 0 Å². The van der Waals surface area contributed by atoms with Gasteiger partial charge in [-0.3, -0.25) is 4.79 Å². The SMILES string of the molecule is CCCCCCCCCC(=O)OC(Br)CC. The van der Waals surface area contributed by atoms with Crippen LogP contribution in [0.4, 0.5) is 0 Å². The van der Waals surface area contributed by atoms with Crippen molar-refractivity contribution in [1.82, 2.24) is 0 Å². The summed E-state index contributed by atoms with van der Waals surface area (Å²) in [4.78, 5) is 11.3. The third-order valence-corrected chi connectivity index (χ3v) is 3.40. The molecule has 0 fully saturated rings. The van der Waals surface area contributed by atoms with Crippen LogP contribution in [0.5, 0.6) is 0 Å². The smallest absolute Gasteiger partial charge is 0.306 e. The topological polar surface area (TPSA) is 26.3 Å². The molecule has 3 heteroatoms. The van der Waals surface area contributed by atoms with Gasteiger partial charge >= 0.3 is 5.97 Å². The minimum atomic E-state index is -0.107. The van der Waals surface area contributed by atoms with Crippen molar-refractivity contribution in [3.05, 3.63) is 0 Å². The number of halogens is 1. The van der Waals surface area contributed by atoms with Crippen LogP contribution in [0.15, 0.2) is 0 Å². The monoisotopic (exact) mass is 292 g/mol. The van der Waals surface area contributed by atoms with Crippen molar-refractivity contribution >= 4 is 21.9 Å². The molecule has 0 aliphatic rings. The van der Waals surface area contributed by atoms with Crippen molar-refractivity contribution < 1.29 is 9.53 Å². The van der Waals surface area contributed by atoms with Crippen molar-refractivity contribution in [2.24, 2.45) is 0 Å². The molecule has 0 aliphatic heterocycles. The Balaban J connectivity index is 3.21. The minimum absolute atomic E-state index is 0.0720. The molecule has 0 aliphatic carbocycles. The lowest BCUT2D eigenvalue weighted by molar-refractivity contribution is -0.145.